The van der Waals surface area contributed by atoms with Crippen LogP contribution < -0.4 is 0 Å². The Kier molecular flexibility index (Phi) is 1.27. The van der Waals surface area contributed by atoms with Crippen molar-refractivity contribution in [2.45, 2.75) is 25.9 Å². The van der Waals surface area contributed by atoms with Gasteiger partial charge in [0.2, 0.25) is 0 Å². The summed E-state index contributed by atoms with van der Waals surface area (Å²) in [6.45, 7) is 3.81. The van der Waals surface area contributed by atoms with Gasteiger partial charge in [0.25, 0.3) is 5.97 Å². The van der Waals surface area contributed by atoms with Crippen molar-refractivity contribution in [1.29, 1.82) is 0 Å². The number of hydrogen-bond acceptors (Lipinski definition) is 3. The first-order valence-corrected chi connectivity index (χ1v) is 2.64. The van der Waals surface area contributed by atoms with Crippen molar-refractivity contribution >= 4 is 0 Å². The van der Waals surface area contributed by atoms with Crippen molar-refractivity contribution in [2.24, 2.45) is 0 Å². The van der Waals surface area contributed by atoms with Gasteiger partial charge in [-0.3, -0.25) is 0 Å². The minimum Gasteiger partial charge on any atom is -0.344 e. The van der Waals surface area contributed by atoms with Gasteiger partial charge in [-0.1, -0.05) is 0 Å². The highest BCUT2D eigenvalue weighted by Crippen LogP contribution is 2.18. The van der Waals surface area contributed by atoms with Crippen LogP contribution in [0.3, 0.4) is 0 Å². The van der Waals surface area contributed by atoms with Gasteiger partial charge in [-0.2, -0.15) is 0 Å². The van der Waals surface area contributed by atoms with E-state index in [0.29, 0.717) is 6.61 Å². The molecule has 1 heterocycles. The summed E-state index contributed by atoms with van der Waals surface area (Å²) in [6, 6.07) is 0. The van der Waals surface area contributed by atoms with Gasteiger partial charge in [-0.25, -0.2) is 0 Å². The van der Waals surface area contributed by atoms with Crippen LogP contribution in [0.1, 0.15) is 13.8 Å². The van der Waals surface area contributed by atoms with E-state index in [1.165, 1.54) is 6.92 Å². The van der Waals surface area contributed by atoms with Crippen LogP contribution in [-0.4, -0.2) is 23.8 Å². The highest BCUT2D eigenvalue weighted by Gasteiger charge is 2.32. The largest absolute Gasteiger partial charge is 0.344 e. The van der Waals surface area contributed by atoms with Gasteiger partial charge >= 0.3 is 0 Å². The Labute approximate surface area is 48.2 Å². The van der Waals surface area contributed by atoms with Crippen LogP contribution in [0.25, 0.3) is 0 Å². The molecule has 0 amide bonds. The summed E-state index contributed by atoms with van der Waals surface area (Å²) in [6.07, 6.45) is 0.0185. The molecular formula is C5H10O3. The van der Waals surface area contributed by atoms with Gasteiger partial charge in [-0.05, 0) is 6.92 Å². The molecule has 1 fully saturated rings. The Morgan fingerprint density at radius 3 is 2.50 bits per heavy atom. The van der Waals surface area contributed by atoms with Crippen LogP contribution in [0.5, 0.6) is 0 Å². The third-order valence-electron chi connectivity index (χ3n) is 1.01. The molecule has 0 aliphatic carbocycles. The van der Waals surface area contributed by atoms with E-state index in [-0.39, 0.29) is 6.10 Å². The predicted octanol–water partition coefficient (Wildman–Crippen LogP) is 0.0877. The zero-order chi connectivity index (χ0) is 6.20. The molecular weight excluding hydrogens is 108 g/mol. The number of hydrogen-bond donors (Lipinski definition) is 1. The smallest absolute Gasteiger partial charge is 0.277 e. The fourth-order valence-corrected chi connectivity index (χ4v) is 0.713. The highest BCUT2D eigenvalue weighted by atomic mass is 16.8. The lowest BCUT2D eigenvalue weighted by atomic mass is 10.5. The molecule has 1 aliphatic rings. The van der Waals surface area contributed by atoms with Gasteiger partial charge in [0.1, 0.15) is 0 Å². The lowest BCUT2D eigenvalue weighted by molar-refractivity contribution is -0.297. The molecule has 0 aromatic carbocycles. The molecule has 3 heteroatoms. The van der Waals surface area contributed by atoms with E-state index in [1.807, 2.05) is 6.92 Å². The Bertz CT molecular complexity index is 89.7. The maximum absolute atomic E-state index is 8.92. The summed E-state index contributed by atoms with van der Waals surface area (Å²) in [5.74, 6) is -1.33. The van der Waals surface area contributed by atoms with Crippen molar-refractivity contribution in [3.8, 4) is 0 Å². The second-order valence-electron chi connectivity index (χ2n) is 2.14. The third kappa shape index (κ3) is 1.18. The van der Waals surface area contributed by atoms with E-state index in [4.69, 9.17) is 14.6 Å². The van der Waals surface area contributed by atoms with Gasteiger partial charge in [0.05, 0.1) is 12.7 Å². The number of ether oxygens (including phenoxy) is 2. The second-order valence-corrected chi connectivity index (χ2v) is 2.14. The molecule has 1 N–H and O–H groups in total. The predicted molar refractivity (Wildman–Crippen MR) is 27.1 cm³/mol. The lowest BCUT2D eigenvalue weighted by Gasteiger charge is -2.13. The zero-order valence-electron chi connectivity index (χ0n) is 5.05. The molecule has 0 aromatic heterocycles. The monoisotopic (exact) mass is 118 g/mol. The van der Waals surface area contributed by atoms with Crippen molar-refractivity contribution < 1.29 is 14.6 Å². The van der Waals surface area contributed by atoms with E-state index >= 15 is 0 Å². The topological polar surface area (TPSA) is 38.7 Å². The molecule has 0 saturated carbocycles. The Morgan fingerprint density at radius 1 is 1.75 bits per heavy atom. The van der Waals surface area contributed by atoms with Crippen LogP contribution in [-0.2, 0) is 9.47 Å². The first-order valence-electron chi connectivity index (χ1n) is 2.64. The van der Waals surface area contributed by atoms with E-state index in [2.05, 4.69) is 0 Å². The summed E-state index contributed by atoms with van der Waals surface area (Å²) in [4.78, 5) is 0. The summed E-state index contributed by atoms with van der Waals surface area (Å²) in [5, 5.41) is 8.92. The van der Waals surface area contributed by atoms with Crippen LogP contribution in [0.15, 0.2) is 0 Å². The van der Waals surface area contributed by atoms with Gasteiger partial charge in [0.15, 0.2) is 0 Å². The van der Waals surface area contributed by atoms with Crippen LogP contribution in [0.2, 0.25) is 0 Å². The van der Waals surface area contributed by atoms with Crippen molar-refractivity contribution in [3.63, 3.8) is 0 Å². The molecule has 1 saturated heterocycles. The number of aliphatic hydroxyl groups is 1. The average Bonchev–Trinajstić information content (AvgIpc) is 1.82. The molecule has 0 bridgehead atoms. The summed E-state index contributed by atoms with van der Waals surface area (Å²) >= 11 is 0. The minimum absolute atomic E-state index is 0.0185. The Balaban J connectivity index is 2.44. The van der Waals surface area contributed by atoms with Crippen LogP contribution in [0.4, 0.5) is 0 Å². The average molecular weight is 118 g/mol. The van der Waals surface area contributed by atoms with Crippen molar-refractivity contribution in [1.82, 2.24) is 0 Å². The molecule has 0 aromatic rings. The molecule has 1 aliphatic heterocycles. The zero-order valence-corrected chi connectivity index (χ0v) is 5.05. The fraction of sp³-hybridized carbons (Fsp3) is 1.00. The third-order valence-corrected chi connectivity index (χ3v) is 1.01. The summed E-state index contributed by atoms with van der Waals surface area (Å²) in [5.41, 5.74) is 0. The second kappa shape index (κ2) is 1.69. The molecule has 2 atom stereocenters. The molecule has 48 valence electrons. The molecule has 1 rings (SSSR count). The van der Waals surface area contributed by atoms with Gasteiger partial charge in [-0.15, -0.1) is 0 Å². The van der Waals surface area contributed by atoms with Gasteiger partial charge in [0, 0.05) is 6.92 Å². The first-order chi connectivity index (χ1) is 3.60. The Hall–Kier alpha value is -0.120. The summed E-state index contributed by atoms with van der Waals surface area (Å²) in [7, 11) is 0. The quantitative estimate of drug-likeness (QED) is 0.490. The molecule has 8 heavy (non-hydrogen) atoms. The van der Waals surface area contributed by atoms with Crippen LogP contribution >= 0.6 is 0 Å². The lowest BCUT2D eigenvalue weighted by Crippen LogP contribution is -2.24. The molecule has 0 radical (unpaired) electrons. The van der Waals surface area contributed by atoms with E-state index in [1.54, 1.807) is 0 Å². The number of rotatable bonds is 0. The maximum atomic E-state index is 8.92. The SMILES string of the molecule is CC1COC(C)(O)O1. The standard InChI is InChI=1S/C5H10O3/c1-4-3-7-5(2,6)8-4/h4,6H,3H2,1-2H3. The normalized spacial score (nSPS) is 47.6. The molecule has 2 unspecified atom stereocenters. The molecule has 3 nitrogen and oxygen atoms in total. The minimum atomic E-state index is -1.33. The van der Waals surface area contributed by atoms with Crippen LogP contribution in [0, 0.1) is 0 Å². The van der Waals surface area contributed by atoms with Crippen molar-refractivity contribution in [3.05, 3.63) is 0 Å². The van der Waals surface area contributed by atoms with Gasteiger partial charge < -0.3 is 14.6 Å². The Morgan fingerprint density at radius 2 is 2.38 bits per heavy atom. The van der Waals surface area contributed by atoms with E-state index in [0.717, 1.165) is 0 Å². The highest BCUT2D eigenvalue weighted by molar-refractivity contribution is 4.59. The maximum Gasteiger partial charge on any atom is 0.277 e. The van der Waals surface area contributed by atoms with Crippen molar-refractivity contribution in [2.75, 3.05) is 6.61 Å². The molecule has 0 spiro atoms. The van der Waals surface area contributed by atoms with E-state index in [9.17, 15) is 0 Å². The first kappa shape index (κ1) is 6.01. The van der Waals surface area contributed by atoms with E-state index < -0.39 is 5.97 Å². The summed E-state index contributed by atoms with van der Waals surface area (Å²) < 4.78 is 9.67. The fourth-order valence-electron chi connectivity index (χ4n) is 0.713.